The van der Waals surface area contributed by atoms with Gasteiger partial charge in [-0.3, -0.25) is 9.59 Å². The first-order chi connectivity index (χ1) is 22.1. The second-order valence-corrected chi connectivity index (χ2v) is 11.9. The number of carboxylic acid groups (broad SMARTS) is 1. The molecule has 244 valence electrons. The molecule has 3 aromatic carbocycles. The molecule has 3 amide bonds. The number of hydrogen-bond acceptors (Lipinski definition) is 6. The number of benzene rings is 3. The van der Waals surface area contributed by atoms with Crippen LogP contribution in [0.25, 0.3) is 0 Å². The van der Waals surface area contributed by atoms with E-state index in [0.717, 1.165) is 40.8 Å². The lowest BCUT2D eigenvalue weighted by atomic mass is 9.99. The molecule has 1 saturated carbocycles. The van der Waals surface area contributed by atoms with Crippen LogP contribution in [0.15, 0.2) is 72.8 Å². The Hall–Kier alpha value is -4.86. The van der Waals surface area contributed by atoms with E-state index < -0.39 is 29.6 Å². The molecule has 1 aliphatic carbocycles. The van der Waals surface area contributed by atoms with E-state index in [9.17, 15) is 24.3 Å². The predicted molar refractivity (Wildman–Crippen MR) is 175 cm³/mol. The highest BCUT2D eigenvalue weighted by Crippen LogP contribution is 2.35. The second-order valence-electron chi connectivity index (χ2n) is 11.9. The lowest BCUT2D eigenvalue weighted by molar-refractivity contribution is -0.146. The highest BCUT2D eigenvalue weighted by atomic mass is 16.5. The van der Waals surface area contributed by atoms with Crippen LogP contribution in [0, 0.1) is 13.8 Å². The van der Waals surface area contributed by atoms with Crippen molar-refractivity contribution in [2.45, 2.75) is 83.5 Å². The molecular formula is C36H43N3O7. The van der Waals surface area contributed by atoms with Crippen LogP contribution in [0.3, 0.4) is 0 Å². The molecule has 3 aromatic rings. The number of amides is 3. The van der Waals surface area contributed by atoms with Gasteiger partial charge in [-0.05, 0) is 105 Å². The van der Waals surface area contributed by atoms with Gasteiger partial charge in [0.15, 0.2) is 5.60 Å². The molecule has 10 heteroatoms. The largest absolute Gasteiger partial charge is 0.480 e. The van der Waals surface area contributed by atoms with Crippen LogP contribution in [-0.2, 0) is 32.1 Å². The highest BCUT2D eigenvalue weighted by Gasteiger charge is 2.45. The van der Waals surface area contributed by atoms with Gasteiger partial charge in [0.05, 0.1) is 6.42 Å². The molecule has 4 rings (SSSR count). The minimum Gasteiger partial charge on any atom is -0.480 e. The average Bonchev–Trinajstić information content (AvgIpc) is 3.50. The van der Waals surface area contributed by atoms with Crippen molar-refractivity contribution in [1.29, 1.82) is 0 Å². The van der Waals surface area contributed by atoms with Gasteiger partial charge in [0.2, 0.25) is 5.91 Å². The summed E-state index contributed by atoms with van der Waals surface area (Å²) in [6.45, 7) is 4.45. The minimum atomic E-state index is -1.17. The number of anilines is 1. The maximum Gasteiger partial charge on any atom is 0.407 e. The Morgan fingerprint density at radius 1 is 0.870 bits per heavy atom. The van der Waals surface area contributed by atoms with Crippen LogP contribution in [-0.4, -0.2) is 47.2 Å². The monoisotopic (exact) mass is 629 g/mol. The summed E-state index contributed by atoms with van der Waals surface area (Å²) >= 11 is 0. The van der Waals surface area contributed by atoms with E-state index in [2.05, 4.69) is 16.0 Å². The van der Waals surface area contributed by atoms with Crippen molar-refractivity contribution in [2.75, 3.05) is 11.9 Å². The predicted octanol–water partition coefficient (Wildman–Crippen LogP) is 5.84. The van der Waals surface area contributed by atoms with Gasteiger partial charge in [0.25, 0.3) is 5.91 Å². The SMILES string of the molecule is Cc1cc(C)cc(NC(=O)Cc2ccc(OC3(C(=O)N[C@H](CCCCNC(=O)OCc4ccccc4)C(=O)O)CCCC3)cc2)c1. The molecule has 46 heavy (non-hydrogen) atoms. The van der Waals surface area contributed by atoms with Gasteiger partial charge >= 0.3 is 12.1 Å². The van der Waals surface area contributed by atoms with Gasteiger partial charge in [-0.2, -0.15) is 0 Å². The molecule has 0 saturated heterocycles. The second kappa shape index (κ2) is 16.5. The molecule has 1 atom stereocenters. The first kappa shape index (κ1) is 34.0. The van der Waals surface area contributed by atoms with Gasteiger partial charge in [0, 0.05) is 12.2 Å². The molecule has 1 fully saturated rings. The normalized spacial score (nSPS) is 14.1. The van der Waals surface area contributed by atoms with Crippen molar-refractivity contribution < 1.29 is 33.8 Å². The van der Waals surface area contributed by atoms with E-state index in [1.54, 1.807) is 24.3 Å². The molecule has 0 radical (unpaired) electrons. The molecule has 0 spiro atoms. The molecule has 10 nitrogen and oxygen atoms in total. The Morgan fingerprint density at radius 3 is 2.20 bits per heavy atom. The molecular weight excluding hydrogens is 586 g/mol. The molecule has 0 heterocycles. The van der Waals surface area contributed by atoms with E-state index in [1.165, 1.54) is 0 Å². The van der Waals surface area contributed by atoms with E-state index in [0.29, 0.717) is 38.0 Å². The summed E-state index contributed by atoms with van der Waals surface area (Å²) in [7, 11) is 0. The fourth-order valence-electron chi connectivity index (χ4n) is 5.65. The van der Waals surface area contributed by atoms with Gasteiger partial charge in [-0.25, -0.2) is 9.59 Å². The van der Waals surface area contributed by atoms with Crippen LogP contribution < -0.4 is 20.7 Å². The number of carbonyl (C=O) groups is 4. The molecule has 0 aromatic heterocycles. The van der Waals surface area contributed by atoms with Crippen molar-refractivity contribution >= 4 is 29.6 Å². The van der Waals surface area contributed by atoms with Crippen molar-refractivity contribution in [1.82, 2.24) is 10.6 Å². The summed E-state index contributed by atoms with van der Waals surface area (Å²) in [5.74, 6) is -1.23. The summed E-state index contributed by atoms with van der Waals surface area (Å²) in [5, 5.41) is 18.1. The van der Waals surface area contributed by atoms with E-state index in [4.69, 9.17) is 9.47 Å². The van der Waals surface area contributed by atoms with E-state index >= 15 is 0 Å². The molecule has 0 bridgehead atoms. The number of aryl methyl sites for hydroxylation is 2. The fraction of sp³-hybridized carbons (Fsp3) is 0.389. The smallest absolute Gasteiger partial charge is 0.407 e. The van der Waals surface area contributed by atoms with Gasteiger partial charge in [-0.15, -0.1) is 0 Å². The third kappa shape index (κ3) is 10.4. The Bertz CT molecular complexity index is 1460. The third-order valence-corrected chi connectivity index (χ3v) is 7.94. The molecule has 4 N–H and O–H groups in total. The quantitative estimate of drug-likeness (QED) is 0.155. The molecule has 0 unspecified atom stereocenters. The summed E-state index contributed by atoms with van der Waals surface area (Å²) in [5.41, 5.74) is 3.41. The minimum absolute atomic E-state index is 0.135. The number of rotatable bonds is 15. The lowest BCUT2D eigenvalue weighted by Crippen LogP contribution is -2.54. The zero-order chi connectivity index (χ0) is 32.9. The number of ether oxygens (including phenoxy) is 2. The maximum absolute atomic E-state index is 13.5. The first-order valence-electron chi connectivity index (χ1n) is 15.8. The Morgan fingerprint density at radius 2 is 1.54 bits per heavy atom. The van der Waals surface area contributed by atoms with Crippen molar-refractivity contribution in [2.24, 2.45) is 0 Å². The Kier molecular flexibility index (Phi) is 12.2. The average molecular weight is 630 g/mol. The number of carboxylic acids is 1. The van der Waals surface area contributed by atoms with Crippen LogP contribution in [0.4, 0.5) is 10.5 Å². The number of carbonyl (C=O) groups excluding carboxylic acids is 3. The first-order valence-corrected chi connectivity index (χ1v) is 15.8. The van der Waals surface area contributed by atoms with Gasteiger partial charge in [0.1, 0.15) is 18.4 Å². The lowest BCUT2D eigenvalue weighted by Gasteiger charge is -2.30. The number of aliphatic carboxylic acids is 1. The number of unbranched alkanes of at least 4 members (excludes halogenated alkanes) is 1. The molecule has 1 aliphatic rings. The zero-order valence-electron chi connectivity index (χ0n) is 26.5. The number of hydrogen-bond donors (Lipinski definition) is 4. The van der Waals surface area contributed by atoms with Crippen molar-refractivity contribution in [3.8, 4) is 5.75 Å². The number of alkyl carbamates (subject to hydrolysis) is 1. The van der Waals surface area contributed by atoms with Gasteiger partial charge in [-0.1, -0.05) is 48.5 Å². The van der Waals surface area contributed by atoms with E-state index in [1.807, 2.05) is 62.4 Å². The van der Waals surface area contributed by atoms with Crippen LogP contribution in [0.1, 0.15) is 67.2 Å². The van der Waals surface area contributed by atoms with Crippen molar-refractivity contribution in [3.63, 3.8) is 0 Å². The fourth-order valence-corrected chi connectivity index (χ4v) is 5.65. The van der Waals surface area contributed by atoms with Crippen LogP contribution in [0.5, 0.6) is 5.75 Å². The Balaban J connectivity index is 1.24. The summed E-state index contributed by atoms with van der Waals surface area (Å²) in [6.07, 6.45) is 3.36. The summed E-state index contributed by atoms with van der Waals surface area (Å²) < 4.78 is 11.4. The summed E-state index contributed by atoms with van der Waals surface area (Å²) in [6, 6.07) is 21.2. The van der Waals surface area contributed by atoms with Crippen LogP contribution >= 0.6 is 0 Å². The van der Waals surface area contributed by atoms with Crippen molar-refractivity contribution in [3.05, 3.63) is 95.1 Å². The topological polar surface area (TPSA) is 143 Å². The zero-order valence-corrected chi connectivity index (χ0v) is 26.5. The highest BCUT2D eigenvalue weighted by molar-refractivity contribution is 5.92. The van der Waals surface area contributed by atoms with E-state index in [-0.39, 0.29) is 25.4 Å². The molecule has 0 aliphatic heterocycles. The Labute approximate surface area is 269 Å². The maximum atomic E-state index is 13.5. The standard InChI is InChI=1S/C36H43N3O7/c1-25-20-26(2)22-29(21-25)38-32(40)23-27-13-15-30(16-14-27)46-36(17-7-8-18-36)34(43)39-31(33(41)42)12-6-9-19-37-35(44)45-24-28-10-4-3-5-11-28/h3-5,10-11,13-16,20-22,31H,6-9,12,17-19,23-24H2,1-2H3,(H,37,44)(H,38,40)(H,39,43)(H,41,42)/t31-/m1/s1. The van der Waals surface area contributed by atoms with Gasteiger partial charge < -0.3 is 30.5 Å². The third-order valence-electron chi connectivity index (χ3n) is 7.94. The number of nitrogens with one attached hydrogen (secondary N) is 3. The summed E-state index contributed by atoms with van der Waals surface area (Å²) in [4.78, 5) is 50.0. The van der Waals surface area contributed by atoms with Crippen LogP contribution in [0.2, 0.25) is 0 Å².